The van der Waals surface area contributed by atoms with Gasteiger partial charge >= 0.3 is 0 Å². The lowest BCUT2D eigenvalue weighted by Gasteiger charge is -2.13. The molecule has 0 spiro atoms. The van der Waals surface area contributed by atoms with Crippen molar-refractivity contribution in [2.45, 2.75) is 13.0 Å². The minimum Gasteiger partial charge on any atom is -0.497 e. The summed E-state index contributed by atoms with van der Waals surface area (Å²) >= 11 is 0. The van der Waals surface area contributed by atoms with Gasteiger partial charge in [0.05, 0.1) is 13.2 Å². The third kappa shape index (κ3) is 2.87. The Bertz CT molecular complexity index is 623. The van der Waals surface area contributed by atoms with E-state index in [0.29, 0.717) is 22.8 Å². The van der Waals surface area contributed by atoms with Gasteiger partial charge in [-0.15, -0.1) is 10.2 Å². The Labute approximate surface area is 116 Å². The monoisotopic (exact) mass is 275 g/mol. The lowest BCUT2D eigenvalue weighted by molar-refractivity contribution is 0.0937. The molecule has 1 aromatic carbocycles. The van der Waals surface area contributed by atoms with Crippen molar-refractivity contribution in [3.63, 3.8) is 0 Å². The number of nitrogens with zero attached hydrogens (tertiary/aromatic N) is 3. The van der Waals surface area contributed by atoms with Gasteiger partial charge in [0.2, 0.25) is 0 Å². The summed E-state index contributed by atoms with van der Waals surface area (Å²) in [5, 5.41) is 10.6. The topological polar surface area (TPSA) is 95.1 Å². The second-order valence-corrected chi connectivity index (χ2v) is 4.49. The molecule has 0 bridgehead atoms. The number of amides is 1. The number of rotatable bonds is 4. The number of methoxy groups -OCH3 is 1. The van der Waals surface area contributed by atoms with Crippen molar-refractivity contribution in [2.24, 2.45) is 7.05 Å². The van der Waals surface area contributed by atoms with Crippen LogP contribution in [0.3, 0.4) is 0 Å². The fourth-order valence-electron chi connectivity index (χ4n) is 1.90. The third-order valence-corrected chi connectivity index (χ3v) is 2.91. The number of hydrogen-bond donors (Lipinski definition) is 2. The molecule has 20 heavy (non-hydrogen) atoms. The number of aryl methyl sites for hydroxylation is 1. The van der Waals surface area contributed by atoms with E-state index in [4.69, 9.17) is 10.5 Å². The van der Waals surface area contributed by atoms with E-state index in [-0.39, 0.29) is 11.9 Å². The van der Waals surface area contributed by atoms with Crippen LogP contribution in [0.1, 0.15) is 29.1 Å². The molecule has 3 N–H and O–H groups in total. The van der Waals surface area contributed by atoms with Crippen molar-refractivity contribution in [1.29, 1.82) is 0 Å². The van der Waals surface area contributed by atoms with Gasteiger partial charge in [-0.25, -0.2) is 0 Å². The average molecular weight is 275 g/mol. The maximum atomic E-state index is 12.2. The Morgan fingerprint density at radius 1 is 1.45 bits per heavy atom. The molecule has 0 aliphatic carbocycles. The molecule has 0 aliphatic rings. The van der Waals surface area contributed by atoms with Crippen LogP contribution in [0.25, 0.3) is 0 Å². The minimum atomic E-state index is -0.262. The van der Waals surface area contributed by atoms with Gasteiger partial charge in [-0.05, 0) is 19.1 Å². The smallest absolute Gasteiger partial charge is 0.252 e. The second-order valence-electron chi connectivity index (χ2n) is 4.49. The molecule has 0 saturated carbocycles. The van der Waals surface area contributed by atoms with E-state index in [2.05, 4.69) is 15.5 Å². The molecule has 1 atom stereocenters. The average Bonchev–Trinajstić information content (AvgIpc) is 2.84. The number of nitrogens with two attached hydrogens (primary N) is 1. The van der Waals surface area contributed by atoms with Gasteiger partial charge in [0.1, 0.15) is 12.1 Å². The molecule has 0 radical (unpaired) electrons. The maximum Gasteiger partial charge on any atom is 0.252 e. The van der Waals surface area contributed by atoms with E-state index in [0.717, 1.165) is 0 Å². The van der Waals surface area contributed by atoms with Crippen LogP contribution in [0.5, 0.6) is 5.75 Å². The predicted octanol–water partition coefficient (Wildman–Crippen LogP) is 0.897. The molecule has 1 unspecified atom stereocenters. The fourth-order valence-corrected chi connectivity index (χ4v) is 1.90. The minimum absolute atomic E-state index is 0.244. The number of carbonyl (C=O) groups is 1. The van der Waals surface area contributed by atoms with Crippen molar-refractivity contribution in [2.75, 3.05) is 12.8 Å². The van der Waals surface area contributed by atoms with E-state index in [1.54, 1.807) is 29.1 Å². The summed E-state index contributed by atoms with van der Waals surface area (Å²) in [6, 6.07) is 4.63. The number of aromatic nitrogens is 3. The number of hydrogen-bond acceptors (Lipinski definition) is 5. The van der Waals surface area contributed by atoms with Gasteiger partial charge in [-0.1, -0.05) is 0 Å². The lowest BCUT2D eigenvalue weighted by atomic mass is 10.1. The Balaban J connectivity index is 2.16. The first-order chi connectivity index (χ1) is 9.51. The molecule has 0 saturated heterocycles. The number of anilines is 1. The Hall–Kier alpha value is -2.57. The Morgan fingerprint density at radius 3 is 2.80 bits per heavy atom. The van der Waals surface area contributed by atoms with E-state index in [9.17, 15) is 4.79 Å². The largest absolute Gasteiger partial charge is 0.497 e. The molecule has 1 amide bonds. The molecular formula is C13H17N5O2. The summed E-state index contributed by atoms with van der Waals surface area (Å²) in [4.78, 5) is 12.2. The zero-order valence-corrected chi connectivity index (χ0v) is 11.6. The molecule has 0 aliphatic heterocycles. The molecular weight excluding hydrogens is 258 g/mol. The first-order valence-corrected chi connectivity index (χ1v) is 6.10. The van der Waals surface area contributed by atoms with E-state index >= 15 is 0 Å². The molecule has 7 heteroatoms. The number of benzene rings is 1. The highest BCUT2D eigenvalue weighted by Crippen LogP contribution is 2.19. The summed E-state index contributed by atoms with van der Waals surface area (Å²) in [5.74, 6) is 0.974. The third-order valence-electron chi connectivity index (χ3n) is 2.91. The van der Waals surface area contributed by atoms with Crippen molar-refractivity contribution >= 4 is 11.6 Å². The summed E-state index contributed by atoms with van der Waals surface area (Å²) < 4.78 is 6.85. The number of ether oxygens (including phenoxy) is 1. The molecule has 106 valence electrons. The van der Waals surface area contributed by atoms with Crippen LogP contribution in [0, 0.1) is 0 Å². The zero-order chi connectivity index (χ0) is 14.7. The summed E-state index contributed by atoms with van der Waals surface area (Å²) in [5.41, 5.74) is 6.65. The lowest BCUT2D eigenvalue weighted by Crippen LogP contribution is -2.28. The van der Waals surface area contributed by atoms with Crippen molar-refractivity contribution in [3.8, 4) is 5.75 Å². The van der Waals surface area contributed by atoms with Crippen LogP contribution in [-0.4, -0.2) is 27.8 Å². The van der Waals surface area contributed by atoms with Gasteiger partial charge in [0.25, 0.3) is 5.91 Å². The van der Waals surface area contributed by atoms with Crippen LogP contribution in [0.4, 0.5) is 5.69 Å². The molecule has 0 fully saturated rings. The Morgan fingerprint density at radius 2 is 2.20 bits per heavy atom. The van der Waals surface area contributed by atoms with Crippen molar-refractivity contribution < 1.29 is 9.53 Å². The summed E-state index contributed by atoms with van der Waals surface area (Å²) in [6.45, 7) is 1.84. The summed E-state index contributed by atoms with van der Waals surface area (Å²) in [6.07, 6.45) is 1.58. The molecule has 1 aromatic heterocycles. The van der Waals surface area contributed by atoms with E-state index in [1.165, 1.54) is 7.11 Å². The molecule has 7 nitrogen and oxygen atoms in total. The normalized spacial score (nSPS) is 11.9. The number of carbonyl (C=O) groups excluding carboxylic acids is 1. The number of nitrogens with one attached hydrogen (secondary N) is 1. The number of nitrogen functional groups attached to an aromatic ring is 1. The highest BCUT2D eigenvalue weighted by molar-refractivity contribution is 5.95. The van der Waals surface area contributed by atoms with Crippen molar-refractivity contribution in [3.05, 3.63) is 35.9 Å². The van der Waals surface area contributed by atoms with Gasteiger partial charge in [-0.2, -0.15) is 0 Å². The predicted molar refractivity (Wildman–Crippen MR) is 74.3 cm³/mol. The SMILES string of the molecule is COc1cc(N)cc(C(=O)NC(C)c2nncn2C)c1. The van der Waals surface area contributed by atoms with Crippen LogP contribution >= 0.6 is 0 Å². The highest BCUT2D eigenvalue weighted by atomic mass is 16.5. The quantitative estimate of drug-likeness (QED) is 0.808. The highest BCUT2D eigenvalue weighted by Gasteiger charge is 2.16. The molecule has 1 heterocycles. The maximum absolute atomic E-state index is 12.2. The van der Waals surface area contributed by atoms with Crippen LogP contribution < -0.4 is 15.8 Å². The standard InChI is InChI=1S/C13H17N5O2/c1-8(12-17-15-7-18(12)2)16-13(19)9-4-10(14)6-11(5-9)20-3/h4-8H,14H2,1-3H3,(H,16,19). The van der Waals surface area contributed by atoms with Crippen LogP contribution in [-0.2, 0) is 7.05 Å². The van der Waals surface area contributed by atoms with Gasteiger partial charge in [0.15, 0.2) is 5.82 Å². The van der Waals surface area contributed by atoms with Gasteiger partial charge in [-0.3, -0.25) is 4.79 Å². The van der Waals surface area contributed by atoms with E-state index in [1.807, 2.05) is 14.0 Å². The molecule has 2 aromatic rings. The van der Waals surface area contributed by atoms with Gasteiger partial charge in [0, 0.05) is 24.4 Å². The summed E-state index contributed by atoms with van der Waals surface area (Å²) in [7, 11) is 3.35. The zero-order valence-electron chi connectivity index (χ0n) is 11.6. The van der Waals surface area contributed by atoms with Crippen molar-refractivity contribution in [1.82, 2.24) is 20.1 Å². The van der Waals surface area contributed by atoms with E-state index < -0.39 is 0 Å². The van der Waals surface area contributed by atoms with Crippen LogP contribution in [0.2, 0.25) is 0 Å². The Kier molecular flexibility index (Phi) is 3.88. The van der Waals surface area contributed by atoms with Gasteiger partial charge < -0.3 is 20.4 Å². The first-order valence-electron chi connectivity index (χ1n) is 6.10. The second kappa shape index (κ2) is 5.60. The fraction of sp³-hybridized carbons (Fsp3) is 0.308. The first kappa shape index (κ1) is 13.9. The molecule has 2 rings (SSSR count). The van der Waals surface area contributed by atoms with Crippen LogP contribution in [0.15, 0.2) is 24.5 Å².